The molecule has 2 aromatic rings. The van der Waals surface area contributed by atoms with Gasteiger partial charge in [0.15, 0.2) is 0 Å². The highest BCUT2D eigenvalue weighted by Gasteiger charge is 2.20. The number of anilines is 1. The Kier molecular flexibility index (Phi) is 5.52. The lowest BCUT2D eigenvalue weighted by Crippen LogP contribution is -2.24. The molecular weight excluding hydrogens is 304 g/mol. The average molecular weight is 326 g/mol. The topological polar surface area (TPSA) is 72.9 Å². The smallest absolute Gasteiger partial charge is 0.263 e. The molecule has 0 atom stereocenters. The maximum atomic E-state index is 12.2. The summed E-state index contributed by atoms with van der Waals surface area (Å²) in [6.07, 6.45) is 5.47. The standard InChI is InChI=1S/C14H22N4OS2/c1-9-10-11(15)12(21-14(10)18(2)17-9)13(19)16-7-5-4-6-8-20-3/h4-8,15H2,1-3H3,(H,16,19). The Morgan fingerprint density at radius 1 is 1.43 bits per heavy atom. The molecule has 0 aromatic carbocycles. The number of nitrogen functional groups attached to an aromatic ring is 1. The van der Waals surface area contributed by atoms with E-state index in [4.69, 9.17) is 5.73 Å². The molecule has 116 valence electrons. The largest absolute Gasteiger partial charge is 0.397 e. The minimum absolute atomic E-state index is 0.0713. The van der Waals surface area contributed by atoms with Gasteiger partial charge in [-0.3, -0.25) is 9.48 Å². The second-order valence-electron chi connectivity index (χ2n) is 5.04. The fourth-order valence-corrected chi connectivity index (χ4v) is 3.92. The second kappa shape index (κ2) is 7.17. The van der Waals surface area contributed by atoms with Crippen molar-refractivity contribution in [1.29, 1.82) is 0 Å². The van der Waals surface area contributed by atoms with Gasteiger partial charge in [0.25, 0.3) is 5.91 Å². The number of carbonyl (C=O) groups excluding carboxylic acids is 1. The highest BCUT2D eigenvalue weighted by atomic mass is 32.2. The molecule has 0 spiro atoms. The predicted octanol–water partition coefficient (Wildman–Crippen LogP) is 2.79. The molecule has 2 aromatic heterocycles. The molecule has 2 heterocycles. The third-order valence-electron chi connectivity index (χ3n) is 3.40. The lowest BCUT2D eigenvalue weighted by molar-refractivity contribution is 0.0958. The molecule has 0 aliphatic rings. The van der Waals surface area contributed by atoms with Gasteiger partial charge < -0.3 is 11.1 Å². The SMILES string of the molecule is CSCCCCCNC(=O)c1sc2c(c(C)nn2C)c1N. The molecule has 2 rings (SSSR count). The molecule has 0 aliphatic heterocycles. The molecule has 7 heteroatoms. The van der Waals surface area contributed by atoms with Crippen molar-refractivity contribution in [3.63, 3.8) is 0 Å². The monoisotopic (exact) mass is 326 g/mol. The number of hydrogen-bond acceptors (Lipinski definition) is 5. The zero-order valence-corrected chi connectivity index (χ0v) is 14.4. The van der Waals surface area contributed by atoms with Crippen molar-refractivity contribution in [1.82, 2.24) is 15.1 Å². The van der Waals surface area contributed by atoms with Crippen molar-refractivity contribution in [2.45, 2.75) is 26.2 Å². The Labute approximate surface area is 133 Å². The normalized spacial score (nSPS) is 11.2. The van der Waals surface area contributed by atoms with Gasteiger partial charge in [-0.25, -0.2) is 0 Å². The van der Waals surface area contributed by atoms with Gasteiger partial charge in [0, 0.05) is 13.6 Å². The van der Waals surface area contributed by atoms with Crippen molar-refractivity contribution >= 4 is 44.9 Å². The number of thiophene rings is 1. The Balaban J connectivity index is 1.97. The first-order chi connectivity index (χ1) is 10.1. The Hall–Kier alpha value is -1.21. The minimum Gasteiger partial charge on any atom is -0.397 e. The van der Waals surface area contributed by atoms with Crippen LogP contribution < -0.4 is 11.1 Å². The predicted molar refractivity (Wildman–Crippen MR) is 92.3 cm³/mol. The molecular formula is C14H22N4OS2. The maximum Gasteiger partial charge on any atom is 0.263 e. The zero-order valence-electron chi connectivity index (χ0n) is 12.7. The van der Waals surface area contributed by atoms with Gasteiger partial charge in [0.2, 0.25) is 0 Å². The van der Waals surface area contributed by atoms with Gasteiger partial charge in [-0.2, -0.15) is 16.9 Å². The van der Waals surface area contributed by atoms with Crippen molar-refractivity contribution in [3.05, 3.63) is 10.6 Å². The van der Waals surface area contributed by atoms with Gasteiger partial charge in [-0.15, -0.1) is 11.3 Å². The van der Waals surface area contributed by atoms with Crippen LogP contribution in [0.5, 0.6) is 0 Å². The van der Waals surface area contributed by atoms with Gasteiger partial charge in [0.1, 0.15) is 9.71 Å². The molecule has 1 amide bonds. The van der Waals surface area contributed by atoms with Crippen LogP contribution in [0, 0.1) is 6.92 Å². The number of rotatable bonds is 7. The van der Waals surface area contributed by atoms with Crippen LogP contribution in [-0.4, -0.2) is 34.2 Å². The minimum atomic E-state index is -0.0713. The summed E-state index contributed by atoms with van der Waals surface area (Å²) in [7, 11) is 1.87. The van der Waals surface area contributed by atoms with Crippen LogP contribution in [0.25, 0.3) is 10.2 Å². The van der Waals surface area contributed by atoms with Crippen molar-refractivity contribution in [2.24, 2.45) is 7.05 Å². The van der Waals surface area contributed by atoms with E-state index < -0.39 is 0 Å². The molecule has 21 heavy (non-hydrogen) atoms. The van der Waals surface area contributed by atoms with Gasteiger partial charge in [0.05, 0.1) is 16.8 Å². The van der Waals surface area contributed by atoms with Gasteiger partial charge in [-0.05, 0) is 31.8 Å². The van der Waals surface area contributed by atoms with Crippen LogP contribution in [-0.2, 0) is 7.05 Å². The number of thioether (sulfide) groups is 1. The summed E-state index contributed by atoms with van der Waals surface area (Å²) in [4.78, 5) is 13.8. The number of nitrogens with one attached hydrogen (secondary N) is 1. The summed E-state index contributed by atoms with van der Waals surface area (Å²) in [5, 5.41) is 8.20. The van der Waals surface area contributed by atoms with E-state index in [1.807, 2.05) is 25.7 Å². The van der Waals surface area contributed by atoms with E-state index in [9.17, 15) is 4.79 Å². The number of fused-ring (bicyclic) bond motifs is 1. The van der Waals surface area contributed by atoms with E-state index >= 15 is 0 Å². The molecule has 0 saturated heterocycles. The van der Waals surface area contributed by atoms with Crippen LogP contribution in [0.3, 0.4) is 0 Å². The Bertz CT molecular complexity index is 632. The summed E-state index contributed by atoms with van der Waals surface area (Å²) in [5.74, 6) is 1.11. The van der Waals surface area contributed by atoms with Crippen LogP contribution in [0.2, 0.25) is 0 Å². The number of unbranched alkanes of at least 4 members (excludes halogenated alkanes) is 2. The molecule has 0 bridgehead atoms. The van der Waals surface area contributed by atoms with Crippen LogP contribution >= 0.6 is 23.1 Å². The molecule has 0 aliphatic carbocycles. The number of aryl methyl sites for hydroxylation is 2. The summed E-state index contributed by atoms with van der Waals surface area (Å²) in [5.41, 5.74) is 7.55. The fraction of sp³-hybridized carbons (Fsp3) is 0.571. The van der Waals surface area contributed by atoms with Crippen molar-refractivity contribution in [2.75, 3.05) is 24.3 Å². The number of amides is 1. The van der Waals surface area contributed by atoms with E-state index in [1.165, 1.54) is 23.5 Å². The highest BCUT2D eigenvalue weighted by Crippen LogP contribution is 2.35. The number of nitrogens with two attached hydrogens (primary N) is 1. The first kappa shape index (κ1) is 16.2. The lowest BCUT2D eigenvalue weighted by Gasteiger charge is -2.04. The lowest BCUT2D eigenvalue weighted by atomic mass is 10.2. The summed E-state index contributed by atoms with van der Waals surface area (Å²) in [6, 6.07) is 0. The third kappa shape index (κ3) is 3.52. The first-order valence-electron chi connectivity index (χ1n) is 7.05. The molecule has 0 saturated carbocycles. The Morgan fingerprint density at radius 2 is 2.19 bits per heavy atom. The summed E-state index contributed by atoms with van der Waals surface area (Å²) < 4.78 is 1.78. The Morgan fingerprint density at radius 3 is 2.86 bits per heavy atom. The third-order valence-corrected chi connectivity index (χ3v) is 5.37. The fourth-order valence-electron chi connectivity index (χ4n) is 2.33. The van der Waals surface area contributed by atoms with Gasteiger partial charge >= 0.3 is 0 Å². The van der Waals surface area contributed by atoms with Crippen molar-refractivity contribution < 1.29 is 4.79 Å². The van der Waals surface area contributed by atoms with E-state index in [2.05, 4.69) is 16.7 Å². The number of nitrogens with zero attached hydrogens (tertiary/aromatic N) is 2. The quantitative estimate of drug-likeness (QED) is 0.767. The molecule has 5 nitrogen and oxygen atoms in total. The molecule has 0 fully saturated rings. The number of hydrogen-bond donors (Lipinski definition) is 2. The van der Waals surface area contributed by atoms with Gasteiger partial charge in [-0.1, -0.05) is 6.42 Å². The molecule has 0 radical (unpaired) electrons. The maximum absolute atomic E-state index is 12.2. The average Bonchev–Trinajstić information content (AvgIpc) is 2.93. The highest BCUT2D eigenvalue weighted by molar-refractivity contribution is 7.98. The van der Waals surface area contributed by atoms with Crippen LogP contribution in [0.15, 0.2) is 0 Å². The van der Waals surface area contributed by atoms with E-state index in [1.54, 1.807) is 4.68 Å². The summed E-state index contributed by atoms with van der Waals surface area (Å²) in [6.45, 7) is 2.62. The number of carbonyl (C=O) groups is 1. The van der Waals surface area contributed by atoms with Crippen LogP contribution in [0.4, 0.5) is 5.69 Å². The molecule has 0 unspecified atom stereocenters. The van der Waals surface area contributed by atoms with Crippen molar-refractivity contribution in [3.8, 4) is 0 Å². The number of aromatic nitrogens is 2. The first-order valence-corrected chi connectivity index (χ1v) is 9.26. The summed E-state index contributed by atoms with van der Waals surface area (Å²) >= 11 is 3.27. The van der Waals surface area contributed by atoms with E-state index in [0.29, 0.717) is 17.1 Å². The van der Waals surface area contributed by atoms with E-state index in [-0.39, 0.29) is 5.91 Å². The zero-order chi connectivity index (χ0) is 15.4. The van der Waals surface area contributed by atoms with E-state index in [0.717, 1.165) is 28.8 Å². The molecule has 3 N–H and O–H groups in total. The second-order valence-corrected chi connectivity index (χ2v) is 7.03. The van der Waals surface area contributed by atoms with Crippen LogP contribution in [0.1, 0.15) is 34.6 Å².